The molecule has 4 aromatic rings. The Balaban J connectivity index is 1.32. The maximum Gasteiger partial charge on any atom is 0.255 e. The van der Waals surface area contributed by atoms with Crippen LogP contribution in [-0.4, -0.2) is 28.3 Å². The number of nitrogens with zero attached hydrogens (tertiary/aromatic N) is 2. The van der Waals surface area contributed by atoms with Crippen molar-refractivity contribution in [2.24, 2.45) is 0 Å². The number of carbonyl (C=O) groups excluding carboxylic acids is 2. The first-order valence-corrected chi connectivity index (χ1v) is 9.94. The molecule has 2 heterocycles. The summed E-state index contributed by atoms with van der Waals surface area (Å²) in [4.78, 5) is 34.3. The zero-order valence-electron chi connectivity index (χ0n) is 16.3. The minimum Gasteiger partial charge on any atom is -0.338 e. The van der Waals surface area contributed by atoms with E-state index in [9.17, 15) is 9.59 Å². The van der Waals surface area contributed by atoms with Crippen LogP contribution in [0.2, 0.25) is 0 Å². The highest BCUT2D eigenvalue weighted by molar-refractivity contribution is 6.05. The van der Waals surface area contributed by atoms with Crippen molar-refractivity contribution in [3.63, 3.8) is 0 Å². The number of nitrogens with one attached hydrogen (secondary N) is 2. The summed E-state index contributed by atoms with van der Waals surface area (Å²) in [6.07, 6.45) is 1.42. The Morgan fingerprint density at radius 3 is 2.60 bits per heavy atom. The van der Waals surface area contributed by atoms with Crippen molar-refractivity contribution in [3.05, 3.63) is 78.4 Å². The van der Waals surface area contributed by atoms with Crippen molar-refractivity contribution >= 4 is 34.2 Å². The molecule has 1 aliphatic rings. The van der Waals surface area contributed by atoms with Gasteiger partial charge in [0.15, 0.2) is 0 Å². The average Bonchev–Trinajstić information content (AvgIpc) is 3.40. The van der Waals surface area contributed by atoms with Gasteiger partial charge in [0.25, 0.3) is 5.91 Å². The number of carbonyl (C=O) groups is 2. The van der Waals surface area contributed by atoms with Gasteiger partial charge in [0.1, 0.15) is 5.82 Å². The fourth-order valence-corrected chi connectivity index (χ4v) is 3.74. The van der Waals surface area contributed by atoms with Gasteiger partial charge < -0.3 is 15.2 Å². The van der Waals surface area contributed by atoms with Crippen LogP contribution in [-0.2, 0) is 4.79 Å². The molecule has 0 radical (unpaired) electrons. The summed E-state index contributed by atoms with van der Waals surface area (Å²) in [5.41, 5.74) is 4.84. The van der Waals surface area contributed by atoms with Crippen LogP contribution in [0.1, 0.15) is 23.2 Å². The first-order chi connectivity index (χ1) is 14.7. The average molecular weight is 396 g/mol. The van der Waals surface area contributed by atoms with Gasteiger partial charge in [-0.1, -0.05) is 18.2 Å². The Hall–Kier alpha value is -3.93. The van der Waals surface area contributed by atoms with Crippen molar-refractivity contribution in [2.75, 3.05) is 16.8 Å². The largest absolute Gasteiger partial charge is 0.338 e. The van der Waals surface area contributed by atoms with Crippen LogP contribution < -0.4 is 10.2 Å². The number of aromatic nitrogens is 2. The highest BCUT2D eigenvalue weighted by Gasteiger charge is 2.22. The molecule has 1 saturated heterocycles. The van der Waals surface area contributed by atoms with E-state index >= 15 is 0 Å². The van der Waals surface area contributed by atoms with Gasteiger partial charge in [0.2, 0.25) is 5.91 Å². The van der Waals surface area contributed by atoms with Crippen LogP contribution in [0.15, 0.2) is 72.8 Å². The standard InChI is InChI=1S/C24H20N4O2/c29-22-9-4-14-28(22)19-6-3-5-17(15-19)24(30)25-18-12-10-16(11-13-18)23-26-20-7-1-2-8-21(20)27-23/h1-3,5-8,10-13,15H,4,9,14H2,(H,25,30)(H,26,27). The third-order valence-electron chi connectivity index (χ3n) is 5.30. The molecule has 2 amide bonds. The zero-order chi connectivity index (χ0) is 20.5. The summed E-state index contributed by atoms with van der Waals surface area (Å²) in [5, 5.41) is 2.92. The third kappa shape index (κ3) is 3.43. The Morgan fingerprint density at radius 2 is 1.83 bits per heavy atom. The Morgan fingerprint density at radius 1 is 1.00 bits per heavy atom. The molecule has 1 aliphatic heterocycles. The number of hydrogen-bond donors (Lipinski definition) is 2. The van der Waals surface area contributed by atoms with Gasteiger partial charge in [-0.05, 0) is 61.0 Å². The number of H-pyrrole nitrogens is 1. The number of hydrogen-bond acceptors (Lipinski definition) is 3. The molecule has 0 saturated carbocycles. The first kappa shape index (κ1) is 18.1. The van der Waals surface area contributed by atoms with E-state index in [-0.39, 0.29) is 11.8 Å². The molecule has 148 valence electrons. The SMILES string of the molecule is O=C(Nc1ccc(-c2nc3ccccc3[nH]2)cc1)c1cccc(N2CCCC2=O)c1. The van der Waals surface area contributed by atoms with Gasteiger partial charge in [-0.2, -0.15) is 0 Å². The fourth-order valence-electron chi connectivity index (χ4n) is 3.74. The number of benzene rings is 3. The lowest BCUT2D eigenvalue weighted by Gasteiger charge is -2.16. The van der Waals surface area contributed by atoms with E-state index in [1.807, 2.05) is 54.6 Å². The maximum absolute atomic E-state index is 12.7. The molecule has 1 aromatic heterocycles. The van der Waals surface area contributed by atoms with Crippen LogP contribution in [0.5, 0.6) is 0 Å². The molecular formula is C24H20N4O2. The molecule has 6 heteroatoms. The number of amides is 2. The minimum absolute atomic E-state index is 0.105. The van der Waals surface area contributed by atoms with Gasteiger partial charge >= 0.3 is 0 Å². The molecule has 30 heavy (non-hydrogen) atoms. The van der Waals surface area contributed by atoms with Gasteiger partial charge in [-0.25, -0.2) is 4.98 Å². The number of aromatic amines is 1. The molecule has 5 rings (SSSR count). The van der Waals surface area contributed by atoms with Crippen LogP contribution in [0, 0.1) is 0 Å². The number of para-hydroxylation sites is 2. The molecular weight excluding hydrogens is 376 g/mol. The van der Waals surface area contributed by atoms with E-state index in [0.717, 1.165) is 34.5 Å². The topological polar surface area (TPSA) is 78.1 Å². The van der Waals surface area contributed by atoms with E-state index < -0.39 is 0 Å². The first-order valence-electron chi connectivity index (χ1n) is 9.94. The predicted molar refractivity (Wildman–Crippen MR) is 118 cm³/mol. The lowest BCUT2D eigenvalue weighted by atomic mass is 10.1. The summed E-state index contributed by atoms with van der Waals surface area (Å²) in [5.74, 6) is 0.686. The normalized spacial score (nSPS) is 13.7. The second-order valence-corrected chi connectivity index (χ2v) is 7.33. The summed E-state index contributed by atoms with van der Waals surface area (Å²) >= 11 is 0. The number of fused-ring (bicyclic) bond motifs is 1. The smallest absolute Gasteiger partial charge is 0.255 e. The van der Waals surface area contributed by atoms with Gasteiger partial charge in [-0.3, -0.25) is 9.59 Å². The highest BCUT2D eigenvalue weighted by Crippen LogP contribution is 2.24. The molecule has 6 nitrogen and oxygen atoms in total. The Bertz CT molecular complexity index is 1210. The monoisotopic (exact) mass is 396 g/mol. The minimum atomic E-state index is -0.208. The van der Waals surface area contributed by atoms with Gasteiger partial charge in [0, 0.05) is 35.5 Å². The van der Waals surface area contributed by atoms with Crippen molar-refractivity contribution in [1.82, 2.24) is 9.97 Å². The van der Waals surface area contributed by atoms with Crippen LogP contribution in [0.3, 0.4) is 0 Å². The third-order valence-corrected chi connectivity index (χ3v) is 5.30. The Kier molecular flexibility index (Phi) is 4.52. The number of imidazole rings is 1. The molecule has 2 N–H and O–H groups in total. The molecule has 0 unspecified atom stereocenters. The van der Waals surface area contributed by atoms with Crippen molar-refractivity contribution in [3.8, 4) is 11.4 Å². The summed E-state index contributed by atoms with van der Waals surface area (Å²) < 4.78 is 0. The summed E-state index contributed by atoms with van der Waals surface area (Å²) in [6.45, 7) is 0.702. The maximum atomic E-state index is 12.7. The van der Waals surface area contributed by atoms with Crippen molar-refractivity contribution < 1.29 is 9.59 Å². The molecule has 0 spiro atoms. The van der Waals surface area contributed by atoms with E-state index in [0.29, 0.717) is 24.2 Å². The number of anilines is 2. The molecule has 3 aromatic carbocycles. The fraction of sp³-hybridized carbons (Fsp3) is 0.125. The van der Waals surface area contributed by atoms with Crippen LogP contribution in [0.25, 0.3) is 22.4 Å². The summed E-state index contributed by atoms with van der Waals surface area (Å²) in [6, 6.07) is 22.6. The van der Waals surface area contributed by atoms with Crippen LogP contribution in [0.4, 0.5) is 11.4 Å². The van der Waals surface area contributed by atoms with Crippen molar-refractivity contribution in [1.29, 1.82) is 0 Å². The summed E-state index contributed by atoms with van der Waals surface area (Å²) in [7, 11) is 0. The second kappa shape index (κ2) is 7.48. The van der Waals surface area contributed by atoms with Crippen LogP contribution >= 0.6 is 0 Å². The van der Waals surface area contributed by atoms with E-state index in [1.54, 1.807) is 23.1 Å². The number of rotatable bonds is 4. The molecule has 0 aliphatic carbocycles. The lowest BCUT2D eigenvalue weighted by molar-refractivity contribution is -0.117. The lowest BCUT2D eigenvalue weighted by Crippen LogP contribution is -2.24. The van der Waals surface area contributed by atoms with E-state index in [1.165, 1.54) is 0 Å². The second-order valence-electron chi connectivity index (χ2n) is 7.33. The van der Waals surface area contributed by atoms with Gasteiger partial charge in [-0.15, -0.1) is 0 Å². The van der Waals surface area contributed by atoms with Crippen molar-refractivity contribution in [2.45, 2.75) is 12.8 Å². The van der Waals surface area contributed by atoms with E-state index in [2.05, 4.69) is 15.3 Å². The molecule has 0 bridgehead atoms. The molecule has 1 fully saturated rings. The highest BCUT2D eigenvalue weighted by atomic mass is 16.2. The Labute approximate surface area is 173 Å². The molecule has 0 atom stereocenters. The van der Waals surface area contributed by atoms with E-state index in [4.69, 9.17) is 0 Å². The quantitative estimate of drug-likeness (QED) is 0.529. The predicted octanol–water partition coefficient (Wildman–Crippen LogP) is 4.61. The zero-order valence-corrected chi connectivity index (χ0v) is 16.3. The van der Waals surface area contributed by atoms with Gasteiger partial charge in [0.05, 0.1) is 11.0 Å².